The predicted molar refractivity (Wildman–Crippen MR) is 178 cm³/mol. The first-order valence-corrected chi connectivity index (χ1v) is 16.2. The van der Waals surface area contributed by atoms with Crippen LogP contribution in [0.3, 0.4) is 0 Å². The molecule has 282 valence electrons. The number of amides is 2. The van der Waals surface area contributed by atoms with Crippen molar-refractivity contribution in [3.8, 4) is 11.1 Å². The van der Waals surface area contributed by atoms with Crippen molar-refractivity contribution in [2.75, 3.05) is 19.1 Å². The number of hydrogen-bond donors (Lipinski definition) is 0. The maximum absolute atomic E-state index is 14.3. The van der Waals surface area contributed by atoms with Gasteiger partial charge in [-0.15, -0.1) is 0 Å². The van der Waals surface area contributed by atoms with E-state index in [0.717, 1.165) is 4.90 Å². The summed E-state index contributed by atoms with van der Waals surface area (Å²) < 4.78 is 107. The van der Waals surface area contributed by atoms with Crippen molar-refractivity contribution >= 4 is 23.7 Å². The largest absolute Gasteiger partial charge is 0.467 e. The first-order chi connectivity index (χ1) is 23.7. The molecule has 1 aliphatic rings. The van der Waals surface area contributed by atoms with E-state index in [-0.39, 0.29) is 35.9 Å². The molecular formula is C37H40F7N3O5. The molecule has 1 fully saturated rings. The third kappa shape index (κ3) is 7.87. The molecule has 0 aliphatic carbocycles. The Hall–Kier alpha value is -4.69. The molecule has 2 amide bonds. The van der Waals surface area contributed by atoms with Crippen molar-refractivity contribution in [2.24, 2.45) is 0 Å². The number of nitrogens with zero attached hydrogens (tertiary/aromatic N) is 3. The van der Waals surface area contributed by atoms with Crippen molar-refractivity contribution < 1.29 is 54.6 Å². The summed E-state index contributed by atoms with van der Waals surface area (Å²) in [6.45, 7) is 10.5. The van der Waals surface area contributed by atoms with Crippen LogP contribution in [0.5, 0.6) is 0 Å². The SMILES string of the molecule is COC(=O)[C@]1(C)CC[C@H](c2cc(-c3ccc(F)cc3C)c(N(C)C(=O)C(C)(C)c3cc(C(F)(F)F)cc(C(F)(F)F)c3)cn2)N1C(=O)OC(C)(C)C. The number of ether oxygens (including phenoxy) is 2. The summed E-state index contributed by atoms with van der Waals surface area (Å²) in [4.78, 5) is 47.7. The number of rotatable bonds is 6. The van der Waals surface area contributed by atoms with Gasteiger partial charge < -0.3 is 14.4 Å². The van der Waals surface area contributed by atoms with Crippen molar-refractivity contribution in [3.05, 3.63) is 82.4 Å². The van der Waals surface area contributed by atoms with Crippen LogP contribution in [0, 0.1) is 12.7 Å². The van der Waals surface area contributed by atoms with Gasteiger partial charge in [-0.25, -0.2) is 14.0 Å². The van der Waals surface area contributed by atoms with Crippen LogP contribution in [0.15, 0.2) is 48.7 Å². The molecule has 0 saturated carbocycles. The van der Waals surface area contributed by atoms with E-state index >= 15 is 0 Å². The summed E-state index contributed by atoms with van der Waals surface area (Å²) in [6.07, 6.45) is -9.41. The molecule has 52 heavy (non-hydrogen) atoms. The Balaban J connectivity index is 1.89. The number of alkyl halides is 6. The highest BCUT2D eigenvalue weighted by Gasteiger charge is 2.54. The van der Waals surface area contributed by atoms with E-state index in [1.54, 1.807) is 33.8 Å². The van der Waals surface area contributed by atoms with Crippen LogP contribution >= 0.6 is 0 Å². The number of halogens is 7. The molecule has 0 N–H and O–H groups in total. The molecule has 8 nitrogen and oxygen atoms in total. The number of methoxy groups -OCH3 is 1. The molecule has 2 atom stereocenters. The van der Waals surface area contributed by atoms with E-state index in [4.69, 9.17) is 9.47 Å². The zero-order chi connectivity index (χ0) is 39.4. The molecule has 0 spiro atoms. The minimum atomic E-state index is -5.13. The molecule has 0 unspecified atom stereocenters. The number of carbonyl (C=O) groups excluding carboxylic acids is 3. The van der Waals surface area contributed by atoms with Crippen LogP contribution in [0.2, 0.25) is 0 Å². The van der Waals surface area contributed by atoms with E-state index in [9.17, 15) is 45.1 Å². The van der Waals surface area contributed by atoms with Crippen LogP contribution in [0.25, 0.3) is 11.1 Å². The Morgan fingerprint density at radius 2 is 1.44 bits per heavy atom. The number of likely N-dealkylation sites (tertiary alicyclic amines) is 1. The molecule has 0 bridgehead atoms. The van der Waals surface area contributed by atoms with Gasteiger partial charge in [0.15, 0.2) is 0 Å². The molecular weight excluding hydrogens is 699 g/mol. The Morgan fingerprint density at radius 1 is 0.885 bits per heavy atom. The van der Waals surface area contributed by atoms with Gasteiger partial charge >= 0.3 is 24.4 Å². The molecule has 1 aliphatic heterocycles. The normalized spacial score (nSPS) is 18.3. The van der Waals surface area contributed by atoms with Gasteiger partial charge in [-0.2, -0.15) is 26.3 Å². The summed E-state index contributed by atoms with van der Waals surface area (Å²) in [7, 11) is 2.48. The third-order valence-electron chi connectivity index (χ3n) is 9.20. The Labute approximate surface area is 296 Å². The number of esters is 1. The van der Waals surface area contributed by atoms with Crippen molar-refractivity contribution in [1.82, 2.24) is 9.88 Å². The van der Waals surface area contributed by atoms with Gasteiger partial charge in [-0.1, -0.05) is 6.07 Å². The summed E-state index contributed by atoms with van der Waals surface area (Å²) in [5.41, 5.74) is -6.55. The second-order valence-corrected chi connectivity index (χ2v) is 14.5. The predicted octanol–water partition coefficient (Wildman–Crippen LogP) is 9.18. The van der Waals surface area contributed by atoms with E-state index in [1.165, 1.54) is 64.2 Å². The number of carbonyl (C=O) groups is 3. The molecule has 15 heteroatoms. The summed E-state index contributed by atoms with van der Waals surface area (Å²) in [6, 6.07) is 5.56. The maximum Gasteiger partial charge on any atom is 0.416 e. The van der Waals surface area contributed by atoms with Crippen LogP contribution in [0.1, 0.15) is 88.4 Å². The fraction of sp³-hybridized carbons (Fsp3) is 0.459. The zero-order valence-corrected chi connectivity index (χ0v) is 30.1. The summed E-state index contributed by atoms with van der Waals surface area (Å²) >= 11 is 0. The van der Waals surface area contributed by atoms with Gasteiger partial charge in [0.25, 0.3) is 0 Å². The lowest BCUT2D eigenvalue weighted by atomic mass is 9.81. The van der Waals surface area contributed by atoms with Crippen molar-refractivity contribution in [3.63, 3.8) is 0 Å². The summed E-state index contributed by atoms with van der Waals surface area (Å²) in [5.74, 6) is -2.14. The first kappa shape index (κ1) is 40.1. The quantitative estimate of drug-likeness (QED) is 0.185. The molecule has 3 aromatic rings. The van der Waals surface area contributed by atoms with Crippen LogP contribution in [0.4, 0.5) is 41.2 Å². The number of aryl methyl sites for hydroxylation is 1. The molecule has 1 aromatic heterocycles. The molecule has 1 saturated heterocycles. The lowest BCUT2D eigenvalue weighted by Gasteiger charge is -2.37. The number of anilines is 1. The first-order valence-electron chi connectivity index (χ1n) is 16.2. The average molecular weight is 740 g/mol. The second-order valence-electron chi connectivity index (χ2n) is 14.5. The lowest BCUT2D eigenvalue weighted by Crippen LogP contribution is -2.53. The van der Waals surface area contributed by atoms with Crippen molar-refractivity contribution in [1.29, 1.82) is 0 Å². The van der Waals surface area contributed by atoms with Gasteiger partial charge in [-0.05, 0) is 114 Å². The Kier molecular flexibility index (Phi) is 10.6. The highest BCUT2D eigenvalue weighted by molar-refractivity contribution is 6.03. The minimum Gasteiger partial charge on any atom is -0.467 e. The Morgan fingerprint density at radius 3 is 1.94 bits per heavy atom. The number of pyridine rings is 1. The topological polar surface area (TPSA) is 89.0 Å². The number of aromatic nitrogens is 1. The number of hydrogen-bond acceptors (Lipinski definition) is 6. The maximum atomic E-state index is 14.3. The molecule has 2 aromatic carbocycles. The van der Waals surface area contributed by atoms with E-state index in [0.29, 0.717) is 23.3 Å². The lowest BCUT2D eigenvalue weighted by molar-refractivity contribution is -0.153. The smallest absolute Gasteiger partial charge is 0.416 e. The van der Waals surface area contributed by atoms with Crippen LogP contribution in [-0.2, 0) is 36.8 Å². The highest BCUT2D eigenvalue weighted by Crippen LogP contribution is 2.46. The molecule has 0 radical (unpaired) electrons. The number of likely N-dealkylation sites (N-methyl/N-ethyl adjacent to an activating group) is 1. The van der Waals surface area contributed by atoms with Crippen molar-refractivity contribution in [2.45, 2.75) is 96.3 Å². The monoisotopic (exact) mass is 739 g/mol. The second kappa shape index (κ2) is 13.7. The average Bonchev–Trinajstić information content (AvgIpc) is 3.40. The fourth-order valence-corrected chi connectivity index (χ4v) is 6.38. The minimum absolute atomic E-state index is 0.0133. The van der Waals surface area contributed by atoms with E-state index in [1.807, 2.05) is 0 Å². The van der Waals surface area contributed by atoms with Crippen LogP contribution < -0.4 is 4.90 Å². The van der Waals surface area contributed by atoms with Gasteiger partial charge in [0.05, 0.1) is 47.3 Å². The standard InChI is InChI=1S/C37H40F7N3O5/c1-20-14-24(38)10-11-25(20)26-18-27(28-12-13-35(7,31(49)51-9)47(28)32(50)52-33(2,3)4)45-19-29(26)46(8)30(48)34(5,6)21-15-22(36(39,40)41)17-23(16-21)37(42,43)44/h10-11,14-19,28H,12-13H2,1-9H3/t28-,35+/m1/s1. The summed E-state index contributed by atoms with van der Waals surface area (Å²) in [5, 5.41) is 0. The molecule has 2 heterocycles. The zero-order valence-electron chi connectivity index (χ0n) is 30.1. The van der Waals surface area contributed by atoms with E-state index < -0.39 is 75.4 Å². The van der Waals surface area contributed by atoms with Gasteiger partial charge in [0, 0.05) is 12.6 Å². The third-order valence-corrected chi connectivity index (χ3v) is 9.20. The van der Waals surface area contributed by atoms with E-state index in [2.05, 4.69) is 4.98 Å². The fourth-order valence-electron chi connectivity index (χ4n) is 6.38. The number of benzene rings is 2. The molecule has 4 rings (SSSR count). The van der Waals surface area contributed by atoms with Gasteiger partial charge in [-0.3, -0.25) is 14.7 Å². The van der Waals surface area contributed by atoms with Crippen LogP contribution in [-0.4, -0.2) is 53.2 Å². The highest BCUT2D eigenvalue weighted by atomic mass is 19.4. The van der Waals surface area contributed by atoms with Gasteiger partial charge in [0.1, 0.15) is 17.0 Å². The van der Waals surface area contributed by atoms with Gasteiger partial charge in [0.2, 0.25) is 5.91 Å². The Bertz CT molecular complexity index is 1850.